The number of benzene rings is 1. The van der Waals surface area contributed by atoms with Crippen LogP contribution in [0.25, 0.3) is 0 Å². The summed E-state index contributed by atoms with van der Waals surface area (Å²) in [7, 11) is 1.73. The van der Waals surface area contributed by atoms with Gasteiger partial charge in [-0.25, -0.2) is 0 Å². The molecular weight excluding hydrogens is 220 g/mol. The van der Waals surface area contributed by atoms with Crippen LogP contribution in [0.2, 0.25) is 0 Å². The van der Waals surface area contributed by atoms with Crippen molar-refractivity contribution in [3.63, 3.8) is 0 Å². The van der Waals surface area contributed by atoms with Crippen molar-refractivity contribution >= 4 is 0 Å². The molecule has 0 aliphatic heterocycles. The Morgan fingerprint density at radius 1 is 1.22 bits per heavy atom. The van der Waals surface area contributed by atoms with E-state index in [1.807, 2.05) is 24.3 Å². The summed E-state index contributed by atoms with van der Waals surface area (Å²) in [5, 5.41) is 0. The Labute approximate surface area is 108 Å². The summed E-state index contributed by atoms with van der Waals surface area (Å²) in [5.74, 6) is 6.35. The van der Waals surface area contributed by atoms with Crippen LogP contribution in [0, 0.1) is 11.8 Å². The number of allylic oxidation sites excluding steroid dienone is 3. The maximum Gasteiger partial charge on any atom is 0.0873 e. The molecule has 1 heteroatoms. The molecule has 1 unspecified atom stereocenters. The molecule has 0 saturated heterocycles. The van der Waals surface area contributed by atoms with Gasteiger partial charge in [0.2, 0.25) is 0 Å². The first-order valence-corrected chi connectivity index (χ1v) is 5.92. The molecule has 1 atom stereocenters. The standard InChI is InChI=1S/C17H16O/c1-4-13-10-11-15-8-6-7-9-16(15)17(18-3)12-14(13)5-2/h4-9,17H,1-2,12H2,3H3/b14-13-. The van der Waals surface area contributed by atoms with Gasteiger partial charge in [0.25, 0.3) is 0 Å². The molecule has 1 aromatic carbocycles. The van der Waals surface area contributed by atoms with Crippen LogP contribution in [0.15, 0.2) is 60.7 Å². The van der Waals surface area contributed by atoms with Gasteiger partial charge in [-0.2, -0.15) is 0 Å². The van der Waals surface area contributed by atoms with Crippen molar-refractivity contribution in [2.45, 2.75) is 12.5 Å². The summed E-state index contributed by atoms with van der Waals surface area (Å²) in [5.41, 5.74) is 4.17. The Hall–Kier alpha value is -2.04. The topological polar surface area (TPSA) is 9.23 Å². The Balaban J connectivity index is 2.61. The second kappa shape index (κ2) is 5.53. The summed E-state index contributed by atoms with van der Waals surface area (Å²) in [6.45, 7) is 7.66. The average molecular weight is 236 g/mol. The van der Waals surface area contributed by atoms with Gasteiger partial charge in [0.1, 0.15) is 0 Å². The van der Waals surface area contributed by atoms with Crippen LogP contribution in [0.4, 0.5) is 0 Å². The first-order chi connectivity index (χ1) is 8.80. The van der Waals surface area contributed by atoms with Crippen LogP contribution in [0.5, 0.6) is 0 Å². The molecule has 0 bridgehead atoms. The predicted octanol–water partition coefficient (Wildman–Crippen LogP) is 3.80. The zero-order valence-corrected chi connectivity index (χ0v) is 10.6. The summed E-state index contributed by atoms with van der Waals surface area (Å²) in [6, 6.07) is 8.10. The maximum absolute atomic E-state index is 5.59. The lowest BCUT2D eigenvalue weighted by Crippen LogP contribution is -2.07. The highest BCUT2D eigenvalue weighted by Crippen LogP contribution is 2.30. The van der Waals surface area contributed by atoms with Gasteiger partial charge < -0.3 is 4.74 Å². The van der Waals surface area contributed by atoms with E-state index in [4.69, 9.17) is 4.74 Å². The minimum Gasteiger partial charge on any atom is -0.376 e. The van der Waals surface area contributed by atoms with Crippen LogP contribution < -0.4 is 0 Å². The molecule has 2 rings (SSSR count). The van der Waals surface area contributed by atoms with Crippen molar-refractivity contribution in [1.29, 1.82) is 0 Å². The van der Waals surface area contributed by atoms with Crippen LogP contribution >= 0.6 is 0 Å². The second-order valence-corrected chi connectivity index (χ2v) is 4.11. The van der Waals surface area contributed by atoms with Gasteiger partial charge in [0, 0.05) is 24.7 Å². The average Bonchev–Trinajstić information content (AvgIpc) is 2.40. The predicted molar refractivity (Wildman–Crippen MR) is 75.1 cm³/mol. The van der Waals surface area contributed by atoms with E-state index in [1.54, 1.807) is 13.2 Å². The molecule has 1 nitrogen and oxygen atoms in total. The molecule has 0 spiro atoms. The molecule has 1 aliphatic rings. The molecular formula is C17H16O. The Kier molecular flexibility index (Phi) is 3.82. The van der Waals surface area contributed by atoms with E-state index in [1.165, 1.54) is 0 Å². The summed E-state index contributed by atoms with van der Waals surface area (Å²) >= 11 is 0. The minimum atomic E-state index is 0.0127. The smallest absolute Gasteiger partial charge is 0.0873 e. The quantitative estimate of drug-likeness (QED) is 0.725. The number of rotatable bonds is 3. The zero-order chi connectivity index (χ0) is 13.0. The van der Waals surface area contributed by atoms with Crippen molar-refractivity contribution < 1.29 is 4.74 Å². The molecule has 0 N–H and O–H groups in total. The van der Waals surface area contributed by atoms with Gasteiger partial charge in [-0.15, -0.1) is 0 Å². The highest BCUT2D eigenvalue weighted by atomic mass is 16.5. The number of fused-ring (bicyclic) bond motifs is 1. The van der Waals surface area contributed by atoms with E-state index in [-0.39, 0.29) is 6.10 Å². The van der Waals surface area contributed by atoms with Crippen LogP contribution in [0.1, 0.15) is 23.7 Å². The second-order valence-electron chi connectivity index (χ2n) is 4.11. The third-order valence-electron chi connectivity index (χ3n) is 3.13. The van der Waals surface area contributed by atoms with Crippen molar-refractivity contribution in [2.75, 3.05) is 7.11 Å². The van der Waals surface area contributed by atoms with E-state index in [0.29, 0.717) is 0 Å². The fourth-order valence-electron chi connectivity index (χ4n) is 2.11. The molecule has 0 saturated carbocycles. The molecule has 1 aromatic rings. The summed E-state index contributed by atoms with van der Waals surface area (Å²) in [6.07, 6.45) is 4.40. The molecule has 18 heavy (non-hydrogen) atoms. The first kappa shape index (κ1) is 12.4. The van der Waals surface area contributed by atoms with Gasteiger partial charge in [-0.1, -0.05) is 55.3 Å². The van der Waals surface area contributed by atoms with Crippen molar-refractivity contribution in [1.82, 2.24) is 0 Å². The molecule has 90 valence electrons. The van der Waals surface area contributed by atoms with Crippen LogP contribution in [-0.2, 0) is 4.74 Å². The molecule has 0 radical (unpaired) electrons. The number of methoxy groups -OCH3 is 1. The molecule has 0 aromatic heterocycles. The molecule has 0 heterocycles. The van der Waals surface area contributed by atoms with E-state index in [0.717, 1.165) is 28.7 Å². The lowest BCUT2D eigenvalue weighted by molar-refractivity contribution is 0.104. The largest absolute Gasteiger partial charge is 0.376 e. The lowest BCUT2D eigenvalue weighted by atomic mass is 9.92. The van der Waals surface area contributed by atoms with Crippen molar-refractivity contribution in [3.8, 4) is 11.8 Å². The first-order valence-electron chi connectivity index (χ1n) is 5.92. The fraction of sp³-hybridized carbons (Fsp3) is 0.176. The monoisotopic (exact) mass is 236 g/mol. The Morgan fingerprint density at radius 2 is 2.00 bits per heavy atom. The summed E-state index contributed by atoms with van der Waals surface area (Å²) < 4.78 is 5.59. The Morgan fingerprint density at radius 3 is 2.67 bits per heavy atom. The van der Waals surface area contributed by atoms with Gasteiger partial charge >= 0.3 is 0 Å². The molecule has 0 amide bonds. The normalized spacial score (nSPS) is 21.9. The lowest BCUT2D eigenvalue weighted by Gasteiger charge is -2.20. The van der Waals surface area contributed by atoms with Crippen LogP contribution in [0.3, 0.4) is 0 Å². The van der Waals surface area contributed by atoms with E-state index in [9.17, 15) is 0 Å². The van der Waals surface area contributed by atoms with Gasteiger partial charge in [-0.3, -0.25) is 0 Å². The SMILES string of the molecule is C=C/C1=C(\C=C)CC(OC)c2ccccc2C#C1. The third kappa shape index (κ3) is 2.30. The minimum absolute atomic E-state index is 0.0127. The Bertz CT molecular complexity index is 567. The summed E-state index contributed by atoms with van der Waals surface area (Å²) in [4.78, 5) is 0. The molecule has 0 fully saturated rings. The number of hydrogen-bond donors (Lipinski definition) is 0. The van der Waals surface area contributed by atoms with Crippen LogP contribution in [-0.4, -0.2) is 7.11 Å². The molecule has 1 aliphatic carbocycles. The number of hydrogen-bond acceptors (Lipinski definition) is 1. The van der Waals surface area contributed by atoms with E-state index in [2.05, 4.69) is 31.1 Å². The van der Waals surface area contributed by atoms with E-state index >= 15 is 0 Å². The third-order valence-corrected chi connectivity index (χ3v) is 3.13. The highest BCUT2D eigenvalue weighted by molar-refractivity contribution is 5.53. The highest BCUT2D eigenvalue weighted by Gasteiger charge is 2.17. The van der Waals surface area contributed by atoms with Gasteiger partial charge in [0.05, 0.1) is 6.10 Å². The maximum atomic E-state index is 5.59. The zero-order valence-electron chi connectivity index (χ0n) is 10.6. The fourth-order valence-corrected chi connectivity index (χ4v) is 2.11. The van der Waals surface area contributed by atoms with Crippen molar-refractivity contribution in [3.05, 3.63) is 71.8 Å². The van der Waals surface area contributed by atoms with E-state index < -0.39 is 0 Å². The van der Waals surface area contributed by atoms with Gasteiger partial charge in [0.15, 0.2) is 0 Å². The number of ether oxygens (including phenoxy) is 1. The van der Waals surface area contributed by atoms with Gasteiger partial charge in [-0.05, 0) is 17.2 Å². The van der Waals surface area contributed by atoms with Crippen molar-refractivity contribution in [2.24, 2.45) is 0 Å².